The molecule has 0 spiro atoms. The van der Waals surface area contributed by atoms with Crippen molar-refractivity contribution in [3.8, 4) is 6.07 Å². The second-order valence-corrected chi connectivity index (χ2v) is 3.54. The smallest absolute Gasteiger partial charge is 0.194 e. The Morgan fingerprint density at radius 1 is 1.00 bits per heavy atom. The predicted molar refractivity (Wildman–Crippen MR) is 60.8 cm³/mol. The summed E-state index contributed by atoms with van der Waals surface area (Å²) < 4.78 is 38.8. The SMILES string of the molecule is N#Cc1ccccc1Nc1cc(F)c(F)c(F)c1. The second kappa shape index (κ2) is 4.80. The monoisotopic (exact) mass is 248 g/mol. The number of nitrogens with one attached hydrogen (secondary N) is 1. The Kier molecular flexibility index (Phi) is 3.20. The van der Waals surface area contributed by atoms with E-state index < -0.39 is 17.5 Å². The van der Waals surface area contributed by atoms with Crippen molar-refractivity contribution in [3.63, 3.8) is 0 Å². The first kappa shape index (κ1) is 12.0. The molecule has 0 unspecified atom stereocenters. The molecular formula is C13H7F3N2. The summed E-state index contributed by atoms with van der Waals surface area (Å²) in [6, 6.07) is 10.0. The maximum Gasteiger partial charge on any atom is 0.194 e. The van der Waals surface area contributed by atoms with Gasteiger partial charge in [-0.2, -0.15) is 5.26 Å². The fraction of sp³-hybridized carbons (Fsp3) is 0. The zero-order valence-corrected chi connectivity index (χ0v) is 9.05. The van der Waals surface area contributed by atoms with Crippen LogP contribution >= 0.6 is 0 Å². The van der Waals surface area contributed by atoms with E-state index in [0.29, 0.717) is 11.3 Å². The predicted octanol–water partition coefficient (Wildman–Crippen LogP) is 3.72. The molecular weight excluding hydrogens is 241 g/mol. The standard InChI is InChI=1S/C13H7F3N2/c14-10-5-9(6-11(15)13(10)16)18-12-4-2-1-3-8(12)7-17/h1-6,18H. The summed E-state index contributed by atoms with van der Waals surface area (Å²) >= 11 is 0. The van der Waals surface area contributed by atoms with E-state index in [1.54, 1.807) is 24.3 Å². The molecule has 0 heterocycles. The van der Waals surface area contributed by atoms with Gasteiger partial charge in [0.05, 0.1) is 11.3 Å². The van der Waals surface area contributed by atoms with Crippen molar-refractivity contribution >= 4 is 11.4 Å². The average molecular weight is 248 g/mol. The Hall–Kier alpha value is -2.48. The summed E-state index contributed by atoms with van der Waals surface area (Å²) in [4.78, 5) is 0. The van der Waals surface area contributed by atoms with Crippen LogP contribution in [0.15, 0.2) is 36.4 Å². The van der Waals surface area contributed by atoms with Crippen molar-refractivity contribution in [3.05, 3.63) is 59.4 Å². The number of rotatable bonds is 2. The van der Waals surface area contributed by atoms with Crippen molar-refractivity contribution in [2.24, 2.45) is 0 Å². The summed E-state index contributed by atoms with van der Waals surface area (Å²) in [7, 11) is 0. The zero-order valence-electron chi connectivity index (χ0n) is 9.05. The molecule has 0 aromatic heterocycles. The molecule has 0 amide bonds. The molecule has 0 saturated heterocycles. The lowest BCUT2D eigenvalue weighted by atomic mass is 10.2. The maximum atomic E-state index is 13.0. The highest BCUT2D eigenvalue weighted by atomic mass is 19.2. The normalized spacial score (nSPS) is 9.89. The van der Waals surface area contributed by atoms with E-state index in [0.717, 1.165) is 12.1 Å². The summed E-state index contributed by atoms with van der Waals surface area (Å²) in [5, 5.41) is 11.5. The van der Waals surface area contributed by atoms with Gasteiger partial charge in [-0.05, 0) is 12.1 Å². The first-order valence-electron chi connectivity index (χ1n) is 5.02. The molecule has 1 N–H and O–H groups in total. The molecule has 2 aromatic carbocycles. The number of benzene rings is 2. The van der Waals surface area contributed by atoms with Crippen LogP contribution in [0.2, 0.25) is 0 Å². The van der Waals surface area contributed by atoms with Crippen LogP contribution in [-0.4, -0.2) is 0 Å². The van der Waals surface area contributed by atoms with Crippen LogP contribution in [0.4, 0.5) is 24.5 Å². The molecule has 2 aromatic rings. The molecule has 0 aliphatic rings. The summed E-state index contributed by atoms with van der Waals surface area (Å²) in [6.07, 6.45) is 0. The fourth-order valence-electron chi connectivity index (χ4n) is 1.47. The number of anilines is 2. The number of halogens is 3. The van der Waals surface area contributed by atoms with Crippen LogP contribution in [0.25, 0.3) is 0 Å². The summed E-state index contributed by atoms with van der Waals surface area (Å²) in [6.45, 7) is 0. The van der Waals surface area contributed by atoms with Gasteiger partial charge >= 0.3 is 0 Å². The minimum atomic E-state index is -1.52. The van der Waals surface area contributed by atoms with E-state index in [1.807, 2.05) is 6.07 Å². The van der Waals surface area contributed by atoms with E-state index in [-0.39, 0.29) is 5.69 Å². The maximum absolute atomic E-state index is 13.0. The Bertz CT molecular complexity index is 609. The van der Waals surface area contributed by atoms with Gasteiger partial charge in [0.1, 0.15) is 6.07 Å². The van der Waals surface area contributed by atoms with Crippen LogP contribution in [0.5, 0.6) is 0 Å². The zero-order chi connectivity index (χ0) is 13.1. The van der Waals surface area contributed by atoms with Crippen molar-refractivity contribution in [2.75, 3.05) is 5.32 Å². The minimum absolute atomic E-state index is 0.0362. The largest absolute Gasteiger partial charge is 0.354 e. The molecule has 0 bridgehead atoms. The van der Waals surface area contributed by atoms with Crippen molar-refractivity contribution < 1.29 is 13.2 Å². The summed E-state index contributed by atoms with van der Waals surface area (Å²) in [5.41, 5.74) is 0.752. The molecule has 0 atom stereocenters. The van der Waals surface area contributed by atoms with Crippen LogP contribution in [0.3, 0.4) is 0 Å². The van der Waals surface area contributed by atoms with E-state index in [9.17, 15) is 13.2 Å². The molecule has 0 saturated carbocycles. The van der Waals surface area contributed by atoms with E-state index in [4.69, 9.17) is 5.26 Å². The van der Waals surface area contributed by atoms with E-state index >= 15 is 0 Å². The van der Waals surface area contributed by atoms with Gasteiger partial charge in [0.25, 0.3) is 0 Å². The molecule has 0 aliphatic heterocycles. The number of hydrogen-bond donors (Lipinski definition) is 1. The molecule has 90 valence electrons. The topological polar surface area (TPSA) is 35.8 Å². The minimum Gasteiger partial charge on any atom is -0.354 e. The van der Waals surface area contributed by atoms with Gasteiger partial charge in [0.2, 0.25) is 0 Å². The Morgan fingerprint density at radius 3 is 2.22 bits per heavy atom. The molecule has 0 radical (unpaired) electrons. The van der Waals surface area contributed by atoms with Crippen molar-refractivity contribution in [1.82, 2.24) is 0 Å². The first-order valence-corrected chi connectivity index (χ1v) is 5.02. The number of para-hydroxylation sites is 1. The van der Waals surface area contributed by atoms with Crippen LogP contribution < -0.4 is 5.32 Å². The lowest BCUT2D eigenvalue weighted by molar-refractivity contribution is 0.448. The average Bonchev–Trinajstić information content (AvgIpc) is 2.36. The Morgan fingerprint density at radius 2 is 1.61 bits per heavy atom. The molecule has 18 heavy (non-hydrogen) atoms. The molecule has 0 aliphatic carbocycles. The van der Waals surface area contributed by atoms with Crippen LogP contribution in [0, 0.1) is 28.8 Å². The molecule has 2 rings (SSSR count). The third kappa shape index (κ3) is 2.28. The second-order valence-electron chi connectivity index (χ2n) is 3.54. The van der Waals surface area contributed by atoms with Gasteiger partial charge in [-0.3, -0.25) is 0 Å². The highest BCUT2D eigenvalue weighted by Gasteiger charge is 2.11. The van der Waals surface area contributed by atoms with Gasteiger partial charge in [0, 0.05) is 17.8 Å². The molecule has 0 fully saturated rings. The fourth-order valence-corrected chi connectivity index (χ4v) is 1.47. The number of nitriles is 1. The van der Waals surface area contributed by atoms with Gasteiger partial charge in [0.15, 0.2) is 17.5 Å². The van der Waals surface area contributed by atoms with E-state index in [1.165, 1.54) is 0 Å². The lowest BCUT2D eigenvalue weighted by Gasteiger charge is -2.08. The van der Waals surface area contributed by atoms with Crippen molar-refractivity contribution in [2.45, 2.75) is 0 Å². The van der Waals surface area contributed by atoms with Crippen LogP contribution in [-0.2, 0) is 0 Å². The lowest BCUT2D eigenvalue weighted by Crippen LogP contribution is -1.97. The van der Waals surface area contributed by atoms with Gasteiger partial charge in [-0.15, -0.1) is 0 Å². The number of nitrogens with zero attached hydrogens (tertiary/aromatic N) is 1. The van der Waals surface area contributed by atoms with Gasteiger partial charge < -0.3 is 5.32 Å². The van der Waals surface area contributed by atoms with E-state index in [2.05, 4.69) is 5.32 Å². The van der Waals surface area contributed by atoms with Crippen molar-refractivity contribution in [1.29, 1.82) is 5.26 Å². The molecule has 5 heteroatoms. The van der Waals surface area contributed by atoms with Gasteiger partial charge in [-0.25, -0.2) is 13.2 Å². The number of hydrogen-bond acceptors (Lipinski definition) is 2. The highest BCUT2D eigenvalue weighted by Crippen LogP contribution is 2.23. The Labute approximate surface area is 101 Å². The Balaban J connectivity index is 2.38. The third-order valence-electron chi connectivity index (χ3n) is 2.31. The van der Waals surface area contributed by atoms with Crippen LogP contribution in [0.1, 0.15) is 5.56 Å². The quantitative estimate of drug-likeness (QED) is 0.822. The molecule has 2 nitrogen and oxygen atoms in total. The first-order chi connectivity index (χ1) is 8.61. The van der Waals surface area contributed by atoms with Gasteiger partial charge in [-0.1, -0.05) is 12.1 Å². The third-order valence-corrected chi connectivity index (χ3v) is 2.31. The highest BCUT2D eigenvalue weighted by molar-refractivity contribution is 5.66. The summed E-state index contributed by atoms with van der Waals surface area (Å²) in [5.74, 6) is -4.09.